The minimum absolute atomic E-state index is 0.182. The molecule has 1 atom stereocenters. The van der Waals surface area contributed by atoms with Gasteiger partial charge in [0.25, 0.3) is 0 Å². The number of rotatable bonds is 6. The molecule has 1 unspecified atom stereocenters. The number of methoxy groups -OCH3 is 2. The summed E-state index contributed by atoms with van der Waals surface area (Å²) < 4.78 is 11.0. The van der Waals surface area contributed by atoms with Gasteiger partial charge in [0.05, 0.1) is 14.2 Å². The molecular weight excluding hydrogens is 294 g/mol. The highest BCUT2D eigenvalue weighted by atomic mass is 16.5. The van der Waals surface area contributed by atoms with Crippen LogP contribution < -0.4 is 14.8 Å². The van der Waals surface area contributed by atoms with Crippen molar-refractivity contribution in [3.63, 3.8) is 0 Å². The van der Waals surface area contributed by atoms with Crippen LogP contribution in [0.1, 0.15) is 24.5 Å². The van der Waals surface area contributed by atoms with Crippen molar-refractivity contribution in [3.8, 4) is 11.5 Å². The number of hydrogen-bond acceptors (Lipinski definition) is 4. The molecule has 2 N–H and O–H groups in total. The molecule has 0 aliphatic carbocycles. The van der Waals surface area contributed by atoms with Crippen LogP contribution in [0.4, 0.5) is 0 Å². The van der Waals surface area contributed by atoms with E-state index in [1.165, 1.54) is 6.08 Å². The van der Waals surface area contributed by atoms with E-state index >= 15 is 0 Å². The second-order valence-electron chi connectivity index (χ2n) is 5.75. The summed E-state index contributed by atoms with van der Waals surface area (Å²) in [6, 6.07) is 4.07. The van der Waals surface area contributed by atoms with Gasteiger partial charge in [-0.05, 0) is 49.4 Å². The molecule has 0 aromatic heterocycles. The van der Waals surface area contributed by atoms with Crippen LogP contribution in [-0.2, 0) is 17.6 Å². The summed E-state index contributed by atoms with van der Waals surface area (Å²) in [6.45, 7) is 3.69. The van der Waals surface area contributed by atoms with Crippen molar-refractivity contribution in [1.82, 2.24) is 5.32 Å². The van der Waals surface area contributed by atoms with Crippen molar-refractivity contribution >= 4 is 5.97 Å². The van der Waals surface area contributed by atoms with Crippen LogP contribution >= 0.6 is 0 Å². The van der Waals surface area contributed by atoms with Crippen LogP contribution in [0, 0.1) is 5.92 Å². The van der Waals surface area contributed by atoms with Crippen molar-refractivity contribution in [1.29, 1.82) is 0 Å². The first-order chi connectivity index (χ1) is 11.1. The molecule has 1 saturated heterocycles. The summed E-state index contributed by atoms with van der Waals surface area (Å²) in [6.07, 6.45) is 3.74. The van der Waals surface area contributed by atoms with Gasteiger partial charge in [-0.1, -0.05) is 12.5 Å². The zero-order valence-corrected chi connectivity index (χ0v) is 14.0. The normalized spacial score (nSPS) is 19.6. The van der Waals surface area contributed by atoms with E-state index in [0.29, 0.717) is 0 Å². The Morgan fingerprint density at radius 2 is 2.00 bits per heavy atom. The van der Waals surface area contributed by atoms with Gasteiger partial charge in [-0.3, -0.25) is 0 Å². The molecule has 0 bridgehead atoms. The molecule has 126 valence electrons. The maximum absolute atomic E-state index is 11.0. The van der Waals surface area contributed by atoms with Gasteiger partial charge in [-0.2, -0.15) is 0 Å². The first kappa shape index (κ1) is 17.3. The summed E-state index contributed by atoms with van der Waals surface area (Å²) in [5.74, 6) is 0.967. The van der Waals surface area contributed by atoms with E-state index in [-0.39, 0.29) is 5.92 Å². The second kappa shape index (κ2) is 8.02. The zero-order valence-electron chi connectivity index (χ0n) is 14.0. The van der Waals surface area contributed by atoms with Crippen LogP contribution in [-0.4, -0.2) is 38.4 Å². The number of carboxylic acids is 1. The number of aliphatic carboxylic acids is 1. The third-order valence-corrected chi connectivity index (χ3v) is 4.32. The molecule has 1 aromatic rings. The SMILES string of the molecule is CCc1c(OC)cc(CC2CNCCC2=CC(=O)O)cc1OC. The van der Waals surface area contributed by atoms with Gasteiger partial charge < -0.3 is 19.9 Å². The highest BCUT2D eigenvalue weighted by molar-refractivity contribution is 5.80. The van der Waals surface area contributed by atoms with E-state index < -0.39 is 5.97 Å². The summed E-state index contributed by atoms with van der Waals surface area (Å²) in [7, 11) is 3.32. The van der Waals surface area contributed by atoms with Crippen LogP contribution in [0.5, 0.6) is 11.5 Å². The predicted octanol–water partition coefficient (Wildman–Crippen LogP) is 2.43. The Morgan fingerprint density at radius 1 is 1.35 bits per heavy atom. The van der Waals surface area contributed by atoms with E-state index in [1.54, 1.807) is 14.2 Å². The van der Waals surface area contributed by atoms with Crippen LogP contribution in [0.25, 0.3) is 0 Å². The van der Waals surface area contributed by atoms with Crippen molar-refractivity contribution in [2.45, 2.75) is 26.2 Å². The Hall–Kier alpha value is -2.01. The summed E-state index contributed by atoms with van der Waals surface area (Å²) in [4.78, 5) is 11.0. The molecule has 0 amide bonds. The number of benzene rings is 1. The van der Waals surface area contributed by atoms with Gasteiger partial charge in [0, 0.05) is 18.2 Å². The smallest absolute Gasteiger partial charge is 0.328 e. The fraction of sp³-hybridized carbons (Fsp3) is 0.500. The first-order valence-corrected chi connectivity index (χ1v) is 7.96. The first-order valence-electron chi connectivity index (χ1n) is 7.96. The number of piperidine rings is 1. The number of nitrogens with one attached hydrogen (secondary N) is 1. The van der Waals surface area contributed by atoms with E-state index in [9.17, 15) is 4.79 Å². The predicted molar refractivity (Wildman–Crippen MR) is 89.3 cm³/mol. The Kier molecular flexibility index (Phi) is 6.04. The molecule has 23 heavy (non-hydrogen) atoms. The molecule has 1 fully saturated rings. The third-order valence-electron chi connectivity index (χ3n) is 4.32. The molecule has 1 aromatic carbocycles. The van der Waals surface area contributed by atoms with Crippen molar-refractivity contribution in [2.75, 3.05) is 27.3 Å². The van der Waals surface area contributed by atoms with E-state index in [4.69, 9.17) is 14.6 Å². The van der Waals surface area contributed by atoms with Gasteiger partial charge in [-0.25, -0.2) is 4.79 Å². The molecule has 1 heterocycles. The number of ether oxygens (including phenoxy) is 2. The summed E-state index contributed by atoms with van der Waals surface area (Å²) in [5, 5.41) is 12.4. The van der Waals surface area contributed by atoms with Crippen molar-refractivity contribution in [2.24, 2.45) is 5.92 Å². The Bertz CT molecular complexity index is 570. The van der Waals surface area contributed by atoms with Gasteiger partial charge in [0.2, 0.25) is 0 Å². The molecule has 5 nitrogen and oxygen atoms in total. The fourth-order valence-corrected chi connectivity index (χ4v) is 3.19. The number of hydrogen-bond donors (Lipinski definition) is 2. The maximum atomic E-state index is 11.0. The van der Waals surface area contributed by atoms with Crippen LogP contribution in [0.3, 0.4) is 0 Å². The average molecular weight is 319 g/mol. The van der Waals surface area contributed by atoms with E-state index in [1.807, 2.05) is 12.1 Å². The van der Waals surface area contributed by atoms with Gasteiger partial charge in [0.1, 0.15) is 11.5 Å². The zero-order chi connectivity index (χ0) is 16.8. The summed E-state index contributed by atoms with van der Waals surface area (Å²) in [5.41, 5.74) is 3.15. The van der Waals surface area contributed by atoms with E-state index in [2.05, 4.69) is 12.2 Å². The minimum atomic E-state index is -0.872. The summed E-state index contributed by atoms with van der Waals surface area (Å²) >= 11 is 0. The minimum Gasteiger partial charge on any atom is -0.496 e. The molecular formula is C18H25NO4. The highest BCUT2D eigenvalue weighted by Crippen LogP contribution is 2.33. The molecule has 1 aliphatic heterocycles. The van der Waals surface area contributed by atoms with Gasteiger partial charge >= 0.3 is 5.97 Å². The molecule has 2 rings (SSSR count). The Morgan fingerprint density at radius 3 is 2.52 bits per heavy atom. The van der Waals surface area contributed by atoms with Gasteiger partial charge in [0.15, 0.2) is 0 Å². The number of carboxylic acid groups (broad SMARTS) is 1. The highest BCUT2D eigenvalue weighted by Gasteiger charge is 2.21. The topological polar surface area (TPSA) is 67.8 Å². The van der Waals surface area contributed by atoms with E-state index in [0.717, 1.165) is 60.6 Å². The Balaban J connectivity index is 2.29. The van der Waals surface area contributed by atoms with Gasteiger partial charge in [-0.15, -0.1) is 0 Å². The molecule has 0 spiro atoms. The Labute approximate surface area is 137 Å². The maximum Gasteiger partial charge on any atom is 0.328 e. The number of carbonyl (C=O) groups is 1. The third kappa shape index (κ3) is 4.26. The molecule has 0 saturated carbocycles. The quantitative estimate of drug-likeness (QED) is 0.788. The monoisotopic (exact) mass is 319 g/mol. The molecule has 5 heteroatoms. The lowest BCUT2D eigenvalue weighted by Crippen LogP contribution is -2.33. The van der Waals surface area contributed by atoms with Crippen molar-refractivity contribution < 1.29 is 19.4 Å². The molecule has 0 radical (unpaired) electrons. The van der Waals surface area contributed by atoms with Crippen LogP contribution in [0.2, 0.25) is 0 Å². The average Bonchev–Trinajstić information content (AvgIpc) is 2.55. The standard InChI is InChI=1S/C18H25NO4/c1-4-15-16(22-2)8-12(9-17(15)23-3)7-14-11-19-6-5-13(14)10-18(20)21/h8-10,14,19H,4-7,11H2,1-3H3,(H,20,21). The molecule has 1 aliphatic rings. The lowest BCUT2D eigenvalue weighted by atomic mass is 9.86. The second-order valence-corrected chi connectivity index (χ2v) is 5.75. The fourth-order valence-electron chi connectivity index (χ4n) is 3.19. The lowest BCUT2D eigenvalue weighted by Gasteiger charge is -2.26. The lowest BCUT2D eigenvalue weighted by molar-refractivity contribution is -0.131. The largest absolute Gasteiger partial charge is 0.496 e. The van der Waals surface area contributed by atoms with Crippen molar-refractivity contribution in [3.05, 3.63) is 34.9 Å². The van der Waals surface area contributed by atoms with Crippen LogP contribution in [0.15, 0.2) is 23.8 Å².